The number of amides is 1. The minimum absolute atomic E-state index is 0.216. The van der Waals surface area contributed by atoms with Crippen molar-refractivity contribution in [2.24, 2.45) is 5.11 Å². The van der Waals surface area contributed by atoms with Crippen LogP contribution in [0.3, 0.4) is 0 Å². The lowest BCUT2D eigenvalue weighted by molar-refractivity contribution is 0.0206. The summed E-state index contributed by atoms with van der Waals surface area (Å²) in [6.07, 6.45) is -0.212. The molecule has 6 nitrogen and oxygen atoms in total. The van der Waals surface area contributed by atoms with E-state index in [1.165, 1.54) is 4.90 Å². The summed E-state index contributed by atoms with van der Waals surface area (Å²) in [6.45, 7) is 4.80. The van der Waals surface area contributed by atoms with E-state index in [1.807, 2.05) is 0 Å². The Bertz CT molecular complexity index is 336. The number of carbonyl (C=O) groups is 1. The molecule has 1 fully saturated rings. The number of likely N-dealkylation sites (tertiary alicyclic amines) is 1. The van der Waals surface area contributed by atoms with Crippen molar-refractivity contribution in [2.45, 2.75) is 44.9 Å². The number of alkyl halides is 1. The third kappa shape index (κ3) is 3.78. The van der Waals surface area contributed by atoms with Gasteiger partial charge in [-0.2, -0.15) is 0 Å². The van der Waals surface area contributed by atoms with Crippen molar-refractivity contribution in [2.75, 3.05) is 13.2 Å². The fraction of sp³-hybridized carbons (Fsp3) is 0.900. The highest BCUT2D eigenvalue weighted by molar-refractivity contribution is 5.69. The van der Waals surface area contributed by atoms with Crippen molar-refractivity contribution in [3.63, 3.8) is 0 Å². The van der Waals surface area contributed by atoms with Gasteiger partial charge < -0.3 is 9.64 Å². The van der Waals surface area contributed by atoms with Crippen LogP contribution in [0, 0.1) is 0 Å². The number of azide groups is 1. The van der Waals surface area contributed by atoms with E-state index in [0.717, 1.165) is 0 Å². The van der Waals surface area contributed by atoms with Crippen molar-refractivity contribution in [1.82, 2.24) is 4.90 Å². The summed E-state index contributed by atoms with van der Waals surface area (Å²) >= 11 is 0. The zero-order valence-electron chi connectivity index (χ0n) is 10.3. The maximum absolute atomic E-state index is 12.8. The van der Waals surface area contributed by atoms with Crippen LogP contribution in [0.1, 0.15) is 27.2 Å². The molecule has 1 aliphatic rings. The van der Waals surface area contributed by atoms with Crippen LogP contribution in [-0.2, 0) is 4.74 Å². The molecule has 0 bridgehead atoms. The highest BCUT2D eigenvalue weighted by Crippen LogP contribution is 2.23. The maximum Gasteiger partial charge on any atom is 0.410 e. The Hall–Kier alpha value is -1.49. The summed E-state index contributed by atoms with van der Waals surface area (Å²) in [5.41, 5.74) is 7.71. The second kappa shape index (κ2) is 5.23. The molecule has 0 N–H and O–H groups in total. The molecule has 0 radical (unpaired) electrons. The van der Waals surface area contributed by atoms with Crippen molar-refractivity contribution in [1.29, 1.82) is 0 Å². The van der Waals surface area contributed by atoms with Crippen LogP contribution in [0.25, 0.3) is 10.4 Å². The monoisotopic (exact) mass is 244 g/mol. The van der Waals surface area contributed by atoms with Crippen molar-refractivity contribution in [3.05, 3.63) is 10.4 Å². The SMILES string of the molecule is CC(C)(C)OC(=O)N1C[C@H](N=[N+]=[N-])C[C@H]1CF. The molecular formula is C10H17FN4O2. The van der Waals surface area contributed by atoms with Crippen LogP contribution in [0.4, 0.5) is 9.18 Å². The quantitative estimate of drug-likeness (QED) is 0.425. The van der Waals surface area contributed by atoms with Gasteiger partial charge in [0.25, 0.3) is 0 Å². The molecule has 1 rings (SSSR count). The summed E-state index contributed by atoms with van der Waals surface area (Å²) in [4.78, 5) is 15.8. The van der Waals surface area contributed by atoms with Crippen molar-refractivity contribution in [3.8, 4) is 0 Å². The smallest absolute Gasteiger partial charge is 0.410 e. The van der Waals surface area contributed by atoms with Gasteiger partial charge in [-0.3, -0.25) is 0 Å². The summed E-state index contributed by atoms with van der Waals surface area (Å²) in [5.74, 6) is 0. The highest BCUT2D eigenvalue weighted by Gasteiger charge is 2.37. The first-order valence-corrected chi connectivity index (χ1v) is 5.47. The molecule has 0 unspecified atom stereocenters. The van der Waals surface area contributed by atoms with E-state index < -0.39 is 24.4 Å². The number of hydrogen-bond acceptors (Lipinski definition) is 3. The third-order valence-electron chi connectivity index (χ3n) is 2.41. The first kappa shape index (κ1) is 13.6. The molecule has 0 aromatic carbocycles. The van der Waals surface area contributed by atoms with E-state index in [4.69, 9.17) is 10.3 Å². The van der Waals surface area contributed by atoms with Crippen LogP contribution in [0.5, 0.6) is 0 Å². The molecule has 1 amide bonds. The molecule has 0 saturated carbocycles. The van der Waals surface area contributed by atoms with Gasteiger partial charge in [0.15, 0.2) is 0 Å². The summed E-state index contributed by atoms with van der Waals surface area (Å²) in [5, 5.41) is 3.52. The molecular weight excluding hydrogens is 227 g/mol. The Morgan fingerprint density at radius 3 is 2.76 bits per heavy atom. The Balaban J connectivity index is 2.68. The standard InChI is InChI=1S/C10H17FN4O2/c1-10(2,3)17-9(16)15-6-7(13-14-12)4-8(15)5-11/h7-8H,4-6H2,1-3H3/t7-,8+/m1/s1. The first-order chi connectivity index (χ1) is 7.87. The van der Waals surface area contributed by atoms with E-state index in [2.05, 4.69) is 10.0 Å². The number of rotatable bonds is 2. The van der Waals surface area contributed by atoms with Crippen LogP contribution in [-0.4, -0.2) is 41.9 Å². The van der Waals surface area contributed by atoms with Gasteiger partial charge in [0.05, 0.1) is 12.1 Å². The Morgan fingerprint density at radius 2 is 2.29 bits per heavy atom. The van der Waals surface area contributed by atoms with Crippen LogP contribution in [0.15, 0.2) is 5.11 Å². The van der Waals surface area contributed by atoms with Crippen molar-refractivity contribution < 1.29 is 13.9 Å². The van der Waals surface area contributed by atoms with E-state index in [9.17, 15) is 9.18 Å². The second-order valence-corrected chi connectivity index (χ2v) is 5.04. The number of hydrogen-bond donors (Lipinski definition) is 0. The minimum Gasteiger partial charge on any atom is -0.444 e. The minimum atomic E-state index is -0.656. The fourth-order valence-electron chi connectivity index (χ4n) is 1.74. The van der Waals surface area contributed by atoms with Crippen molar-refractivity contribution >= 4 is 6.09 Å². The van der Waals surface area contributed by atoms with Gasteiger partial charge in [0.2, 0.25) is 0 Å². The second-order valence-electron chi connectivity index (χ2n) is 5.04. The average Bonchev–Trinajstić information content (AvgIpc) is 2.59. The summed E-state index contributed by atoms with van der Waals surface area (Å²) < 4.78 is 17.9. The fourth-order valence-corrected chi connectivity index (χ4v) is 1.74. The lowest BCUT2D eigenvalue weighted by Crippen LogP contribution is -2.40. The third-order valence-corrected chi connectivity index (χ3v) is 2.41. The molecule has 0 aliphatic carbocycles. The predicted molar refractivity (Wildman–Crippen MR) is 60.3 cm³/mol. The molecule has 1 aliphatic heterocycles. The van der Waals surface area contributed by atoms with Gasteiger partial charge in [-0.15, -0.1) is 0 Å². The van der Waals surface area contributed by atoms with Crippen LogP contribution in [0.2, 0.25) is 0 Å². The first-order valence-electron chi connectivity index (χ1n) is 5.47. The largest absolute Gasteiger partial charge is 0.444 e. The molecule has 1 saturated heterocycles. The van der Waals surface area contributed by atoms with Gasteiger partial charge in [0, 0.05) is 11.5 Å². The Labute approximate surface area is 99.4 Å². The summed E-state index contributed by atoms with van der Waals surface area (Å²) in [7, 11) is 0. The van der Waals surface area contributed by atoms with Gasteiger partial charge >= 0.3 is 6.09 Å². The Kier molecular flexibility index (Phi) is 4.17. The Morgan fingerprint density at radius 1 is 1.65 bits per heavy atom. The molecule has 17 heavy (non-hydrogen) atoms. The van der Waals surface area contributed by atoms with Crippen LogP contribution < -0.4 is 0 Å². The maximum atomic E-state index is 12.8. The van der Waals surface area contributed by atoms with Crippen LogP contribution >= 0.6 is 0 Å². The lowest BCUT2D eigenvalue weighted by Gasteiger charge is -2.27. The lowest BCUT2D eigenvalue weighted by atomic mass is 10.2. The highest BCUT2D eigenvalue weighted by atomic mass is 19.1. The topological polar surface area (TPSA) is 78.3 Å². The zero-order chi connectivity index (χ0) is 13.1. The number of carbonyl (C=O) groups excluding carboxylic acids is 1. The number of nitrogens with zero attached hydrogens (tertiary/aromatic N) is 4. The number of halogens is 1. The van der Waals surface area contributed by atoms with Gasteiger partial charge in [0.1, 0.15) is 12.3 Å². The van der Waals surface area contributed by atoms with E-state index in [-0.39, 0.29) is 12.6 Å². The van der Waals surface area contributed by atoms with Gasteiger partial charge in [-0.25, -0.2) is 9.18 Å². The zero-order valence-corrected chi connectivity index (χ0v) is 10.3. The van der Waals surface area contributed by atoms with Gasteiger partial charge in [-0.05, 0) is 32.7 Å². The van der Waals surface area contributed by atoms with E-state index in [1.54, 1.807) is 20.8 Å². The molecule has 7 heteroatoms. The molecule has 0 aromatic heterocycles. The predicted octanol–water partition coefficient (Wildman–Crippen LogP) is 2.64. The molecule has 0 aromatic rings. The van der Waals surface area contributed by atoms with E-state index in [0.29, 0.717) is 6.42 Å². The molecule has 1 heterocycles. The number of ether oxygens (including phenoxy) is 1. The molecule has 2 atom stereocenters. The average molecular weight is 244 g/mol. The molecule has 0 spiro atoms. The summed E-state index contributed by atoms with van der Waals surface area (Å²) in [6, 6.07) is -0.923. The normalized spacial score (nSPS) is 24.4. The van der Waals surface area contributed by atoms with E-state index >= 15 is 0 Å². The molecule has 96 valence electrons. The van der Waals surface area contributed by atoms with Gasteiger partial charge in [-0.1, -0.05) is 5.11 Å².